The molecule has 0 atom stereocenters. The number of nitrogens with two attached hydrogens (primary N) is 1. The average molecular weight is 281 g/mol. The van der Waals surface area contributed by atoms with Gasteiger partial charge in [0.2, 0.25) is 0 Å². The first-order valence-corrected chi connectivity index (χ1v) is 6.40. The quantitative estimate of drug-likeness (QED) is 0.820. The predicted octanol–water partition coefficient (Wildman–Crippen LogP) is 2.23. The molecule has 106 valence electrons. The predicted molar refractivity (Wildman–Crippen MR) is 80.7 cm³/mol. The van der Waals surface area contributed by atoms with Crippen LogP contribution in [0.4, 0.5) is 11.4 Å². The summed E-state index contributed by atoms with van der Waals surface area (Å²) in [5, 5.41) is 18.0. The molecule has 2 aromatic rings. The minimum Gasteiger partial charge on any atom is -0.480 e. The highest BCUT2D eigenvalue weighted by molar-refractivity contribution is 5.77. The Kier molecular flexibility index (Phi) is 4.42. The molecule has 0 radical (unpaired) electrons. The number of hydrogen-bond donors (Lipinski definition) is 2. The zero-order valence-electron chi connectivity index (χ0n) is 11.4. The van der Waals surface area contributed by atoms with Crippen LogP contribution in [0, 0.1) is 11.3 Å². The van der Waals surface area contributed by atoms with Gasteiger partial charge < -0.3 is 15.7 Å². The van der Waals surface area contributed by atoms with E-state index in [4.69, 9.17) is 16.1 Å². The van der Waals surface area contributed by atoms with Crippen LogP contribution in [0.3, 0.4) is 0 Å². The van der Waals surface area contributed by atoms with E-state index in [-0.39, 0.29) is 6.54 Å². The van der Waals surface area contributed by atoms with Gasteiger partial charge in [-0.1, -0.05) is 24.3 Å². The number of hydrogen-bond acceptors (Lipinski definition) is 4. The van der Waals surface area contributed by atoms with Crippen molar-refractivity contribution in [2.24, 2.45) is 0 Å². The van der Waals surface area contributed by atoms with Gasteiger partial charge in [0.05, 0.1) is 23.0 Å². The van der Waals surface area contributed by atoms with Gasteiger partial charge in [-0.05, 0) is 29.8 Å². The number of para-hydroxylation sites is 2. The molecule has 0 heterocycles. The van der Waals surface area contributed by atoms with Crippen molar-refractivity contribution >= 4 is 17.3 Å². The van der Waals surface area contributed by atoms with Crippen LogP contribution in [0.1, 0.15) is 11.1 Å². The van der Waals surface area contributed by atoms with E-state index in [0.29, 0.717) is 23.5 Å². The molecule has 5 nitrogen and oxygen atoms in total. The van der Waals surface area contributed by atoms with Gasteiger partial charge >= 0.3 is 5.97 Å². The molecule has 2 aromatic carbocycles. The SMILES string of the molecule is N#Cc1cccc(CN(CC(=O)O)c2ccccc2N)c1. The lowest BCUT2D eigenvalue weighted by Crippen LogP contribution is -2.29. The summed E-state index contributed by atoms with van der Waals surface area (Å²) in [6.07, 6.45) is 0. The maximum atomic E-state index is 11.1. The van der Waals surface area contributed by atoms with E-state index in [2.05, 4.69) is 6.07 Å². The first-order chi connectivity index (χ1) is 10.1. The van der Waals surface area contributed by atoms with Gasteiger partial charge in [-0.25, -0.2) is 0 Å². The van der Waals surface area contributed by atoms with E-state index < -0.39 is 5.97 Å². The highest BCUT2D eigenvalue weighted by Crippen LogP contribution is 2.24. The average Bonchev–Trinajstić information content (AvgIpc) is 2.47. The fraction of sp³-hybridized carbons (Fsp3) is 0.125. The molecular formula is C16H15N3O2. The van der Waals surface area contributed by atoms with E-state index in [0.717, 1.165) is 5.56 Å². The number of carboxylic acid groups (broad SMARTS) is 1. The number of aliphatic carboxylic acids is 1. The largest absolute Gasteiger partial charge is 0.480 e. The summed E-state index contributed by atoms with van der Waals surface area (Å²) in [6, 6.07) is 16.3. The molecule has 0 saturated carbocycles. The lowest BCUT2D eigenvalue weighted by atomic mass is 10.1. The molecule has 0 amide bonds. The highest BCUT2D eigenvalue weighted by atomic mass is 16.4. The van der Waals surface area contributed by atoms with Crippen molar-refractivity contribution in [3.05, 3.63) is 59.7 Å². The van der Waals surface area contributed by atoms with Crippen molar-refractivity contribution in [3.8, 4) is 6.07 Å². The number of nitrogen functional groups attached to an aromatic ring is 1. The molecule has 0 unspecified atom stereocenters. The van der Waals surface area contributed by atoms with Crippen LogP contribution < -0.4 is 10.6 Å². The van der Waals surface area contributed by atoms with Gasteiger partial charge in [0, 0.05) is 6.54 Å². The normalized spacial score (nSPS) is 9.86. The molecule has 0 aliphatic heterocycles. The van der Waals surface area contributed by atoms with E-state index in [1.165, 1.54) is 0 Å². The lowest BCUT2D eigenvalue weighted by Gasteiger charge is -2.24. The van der Waals surface area contributed by atoms with E-state index in [9.17, 15) is 4.79 Å². The molecule has 0 aromatic heterocycles. The van der Waals surface area contributed by atoms with Crippen molar-refractivity contribution in [1.29, 1.82) is 5.26 Å². The topological polar surface area (TPSA) is 90.3 Å². The van der Waals surface area contributed by atoms with Gasteiger partial charge in [0.1, 0.15) is 6.54 Å². The third-order valence-electron chi connectivity index (χ3n) is 3.03. The van der Waals surface area contributed by atoms with E-state index in [1.54, 1.807) is 41.3 Å². The Morgan fingerprint density at radius 3 is 2.67 bits per heavy atom. The molecule has 0 spiro atoms. The Labute approximate surface area is 122 Å². The highest BCUT2D eigenvalue weighted by Gasteiger charge is 2.13. The maximum Gasteiger partial charge on any atom is 0.323 e. The summed E-state index contributed by atoms with van der Waals surface area (Å²) in [5.74, 6) is -0.935. The number of rotatable bonds is 5. The first-order valence-electron chi connectivity index (χ1n) is 6.40. The summed E-state index contributed by atoms with van der Waals surface area (Å²) in [4.78, 5) is 12.7. The first kappa shape index (κ1) is 14.4. The molecule has 0 aliphatic rings. The Morgan fingerprint density at radius 1 is 1.24 bits per heavy atom. The molecule has 2 rings (SSSR count). The molecule has 3 N–H and O–H groups in total. The van der Waals surface area contributed by atoms with Gasteiger partial charge in [0.15, 0.2) is 0 Å². The number of benzene rings is 2. The summed E-state index contributed by atoms with van der Waals surface area (Å²) >= 11 is 0. The smallest absolute Gasteiger partial charge is 0.323 e. The summed E-state index contributed by atoms with van der Waals surface area (Å²) in [7, 11) is 0. The standard InChI is InChI=1S/C16H15N3O2/c17-9-12-4-3-5-13(8-12)10-19(11-16(20)21)15-7-2-1-6-14(15)18/h1-8H,10-11,18H2,(H,20,21). The van der Waals surface area contributed by atoms with Crippen molar-refractivity contribution in [2.75, 3.05) is 17.2 Å². The van der Waals surface area contributed by atoms with Crippen LogP contribution in [0.2, 0.25) is 0 Å². The Morgan fingerprint density at radius 2 is 2.00 bits per heavy atom. The third kappa shape index (κ3) is 3.74. The lowest BCUT2D eigenvalue weighted by molar-refractivity contribution is -0.135. The number of nitriles is 1. The van der Waals surface area contributed by atoms with Crippen molar-refractivity contribution in [1.82, 2.24) is 0 Å². The van der Waals surface area contributed by atoms with Crippen LogP contribution in [-0.2, 0) is 11.3 Å². The van der Waals surface area contributed by atoms with Crippen molar-refractivity contribution in [3.63, 3.8) is 0 Å². The number of carboxylic acids is 1. The Bertz CT molecular complexity index is 692. The maximum absolute atomic E-state index is 11.1. The van der Waals surface area contributed by atoms with Crippen LogP contribution in [0.5, 0.6) is 0 Å². The fourth-order valence-electron chi connectivity index (χ4n) is 2.12. The van der Waals surface area contributed by atoms with Gasteiger partial charge in [-0.15, -0.1) is 0 Å². The Balaban J connectivity index is 2.31. The van der Waals surface area contributed by atoms with E-state index >= 15 is 0 Å². The minimum atomic E-state index is -0.935. The second-order valence-electron chi connectivity index (χ2n) is 4.62. The molecule has 0 aliphatic carbocycles. The summed E-state index contributed by atoms with van der Waals surface area (Å²) < 4.78 is 0. The molecule has 5 heteroatoms. The van der Waals surface area contributed by atoms with Crippen LogP contribution in [0.15, 0.2) is 48.5 Å². The van der Waals surface area contributed by atoms with Crippen molar-refractivity contribution < 1.29 is 9.90 Å². The molecular weight excluding hydrogens is 266 g/mol. The third-order valence-corrected chi connectivity index (χ3v) is 3.03. The van der Waals surface area contributed by atoms with Crippen LogP contribution in [0.25, 0.3) is 0 Å². The van der Waals surface area contributed by atoms with Gasteiger partial charge in [-0.2, -0.15) is 5.26 Å². The monoisotopic (exact) mass is 281 g/mol. The zero-order valence-corrected chi connectivity index (χ0v) is 11.4. The van der Waals surface area contributed by atoms with Crippen LogP contribution >= 0.6 is 0 Å². The van der Waals surface area contributed by atoms with Crippen molar-refractivity contribution in [2.45, 2.75) is 6.54 Å². The number of anilines is 2. The second-order valence-corrected chi connectivity index (χ2v) is 4.62. The number of nitrogens with zero attached hydrogens (tertiary/aromatic N) is 2. The molecule has 0 fully saturated rings. The molecule has 0 bridgehead atoms. The summed E-state index contributed by atoms with van der Waals surface area (Å²) in [6.45, 7) is 0.209. The second kappa shape index (κ2) is 6.44. The summed E-state index contributed by atoms with van der Waals surface area (Å²) in [5.41, 5.74) is 8.52. The molecule has 0 saturated heterocycles. The zero-order chi connectivity index (χ0) is 15.2. The van der Waals surface area contributed by atoms with Crippen LogP contribution in [-0.4, -0.2) is 17.6 Å². The fourth-order valence-corrected chi connectivity index (χ4v) is 2.12. The van der Waals surface area contributed by atoms with E-state index in [1.807, 2.05) is 12.1 Å². The minimum absolute atomic E-state index is 0.162. The van der Waals surface area contributed by atoms with Gasteiger partial charge in [0.25, 0.3) is 0 Å². The molecule has 21 heavy (non-hydrogen) atoms. The Hall–Kier alpha value is -3.00. The number of carbonyl (C=O) groups is 1. The van der Waals surface area contributed by atoms with Gasteiger partial charge in [-0.3, -0.25) is 4.79 Å².